The number of rotatable bonds is 7. The van der Waals surface area contributed by atoms with Gasteiger partial charge in [0, 0.05) is 24.8 Å². The second kappa shape index (κ2) is 7.74. The Morgan fingerprint density at radius 3 is 2.70 bits per heavy atom. The number of hydrogen-bond donors (Lipinski definition) is 2. The molecule has 0 fully saturated rings. The Balaban J connectivity index is 3.03. The molecular weight excluding hydrogens is 268 g/mol. The first-order valence-corrected chi connectivity index (χ1v) is 6.38. The highest BCUT2D eigenvalue weighted by Crippen LogP contribution is 2.14. The number of halogens is 2. The molecule has 1 heterocycles. The molecule has 0 aliphatic rings. The van der Waals surface area contributed by atoms with Gasteiger partial charge in [0.2, 0.25) is 0 Å². The zero-order valence-electron chi connectivity index (χ0n) is 11.6. The zero-order chi connectivity index (χ0) is 15.1. The van der Waals surface area contributed by atoms with Crippen LogP contribution in [0.1, 0.15) is 23.0 Å². The first kappa shape index (κ1) is 16.3. The maximum atomic E-state index is 12.5. The quantitative estimate of drug-likeness (QED) is 0.795. The molecule has 0 saturated carbocycles. The van der Waals surface area contributed by atoms with Gasteiger partial charge in [0.1, 0.15) is 5.82 Å². The molecule has 1 aromatic heterocycles. The van der Waals surface area contributed by atoms with Crippen molar-refractivity contribution in [1.29, 1.82) is 0 Å². The topological polar surface area (TPSA) is 65.5 Å². The Morgan fingerprint density at radius 1 is 1.50 bits per heavy atom. The Hall–Kier alpha value is -1.76. The fourth-order valence-corrected chi connectivity index (χ4v) is 1.77. The molecule has 0 saturated heterocycles. The number of aromatic nitrogens is 1. The van der Waals surface area contributed by atoms with E-state index in [9.17, 15) is 13.6 Å². The van der Waals surface area contributed by atoms with Gasteiger partial charge in [0.05, 0.1) is 13.2 Å². The molecule has 0 aliphatic heterocycles. The van der Waals surface area contributed by atoms with E-state index in [0.717, 1.165) is 4.90 Å². The minimum atomic E-state index is -2.64. The van der Waals surface area contributed by atoms with Gasteiger partial charge in [-0.05, 0) is 18.6 Å². The lowest BCUT2D eigenvalue weighted by Gasteiger charge is -2.21. The summed E-state index contributed by atoms with van der Waals surface area (Å²) in [5, 5.41) is 11.7. The predicted octanol–water partition coefficient (Wildman–Crippen LogP) is 1.39. The van der Waals surface area contributed by atoms with E-state index in [1.54, 1.807) is 13.1 Å². The van der Waals surface area contributed by atoms with Gasteiger partial charge in [-0.3, -0.25) is 4.79 Å². The highest BCUT2D eigenvalue weighted by Gasteiger charge is 2.20. The number of anilines is 1. The molecule has 20 heavy (non-hydrogen) atoms. The van der Waals surface area contributed by atoms with Gasteiger partial charge in [0.25, 0.3) is 12.3 Å². The zero-order valence-corrected chi connectivity index (χ0v) is 11.6. The van der Waals surface area contributed by atoms with Crippen LogP contribution in [0.15, 0.2) is 12.1 Å². The minimum absolute atomic E-state index is 0.123. The van der Waals surface area contributed by atoms with Crippen molar-refractivity contribution in [3.63, 3.8) is 0 Å². The summed E-state index contributed by atoms with van der Waals surface area (Å²) >= 11 is 0. The van der Waals surface area contributed by atoms with E-state index in [0.29, 0.717) is 17.9 Å². The van der Waals surface area contributed by atoms with Crippen LogP contribution in [0.25, 0.3) is 0 Å². The molecule has 0 spiro atoms. The van der Waals surface area contributed by atoms with Crippen LogP contribution in [0.5, 0.6) is 0 Å². The SMILES string of the molecule is CCc1cc(C(=O)N(CCO)CC(F)F)cc(NC)n1. The molecule has 7 heteroatoms. The van der Waals surface area contributed by atoms with E-state index in [1.807, 2.05) is 6.92 Å². The molecule has 0 bridgehead atoms. The molecule has 1 amide bonds. The van der Waals surface area contributed by atoms with Crippen LogP contribution in [0.3, 0.4) is 0 Å². The maximum Gasteiger partial charge on any atom is 0.255 e. The second-order valence-corrected chi connectivity index (χ2v) is 4.20. The Kier molecular flexibility index (Phi) is 6.30. The maximum absolute atomic E-state index is 12.5. The number of alkyl halides is 2. The van der Waals surface area contributed by atoms with Crippen molar-refractivity contribution in [1.82, 2.24) is 9.88 Å². The first-order valence-electron chi connectivity index (χ1n) is 6.38. The van der Waals surface area contributed by atoms with Gasteiger partial charge in [-0.25, -0.2) is 13.8 Å². The van der Waals surface area contributed by atoms with Crippen LogP contribution in [0, 0.1) is 0 Å². The molecule has 2 N–H and O–H groups in total. The van der Waals surface area contributed by atoms with Gasteiger partial charge in [0.15, 0.2) is 0 Å². The summed E-state index contributed by atoms with van der Waals surface area (Å²) in [6.07, 6.45) is -2.01. The third-order valence-corrected chi connectivity index (χ3v) is 2.76. The molecule has 0 radical (unpaired) electrons. The molecular formula is C13H19F2N3O2. The van der Waals surface area contributed by atoms with Crippen molar-refractivity contribution in [2.75, 3.05) is 32.1 Å². The second-order valence-electron chi connectivity index (χ2n) is 4.20. The highest BCUT2D eigenvalue weighted by atomic mass is 19.3. The molecule has 0 aliphatic carbocycles. The molecule has 5 nitrogen and oxygen atoms in total. The standard InChI is InChI=1S/C13H19F2N3O2/c1-3-10-6-9(7-12(16-2)17-10)13(20)18(4-5-19)8-11(14)15/h6-7,11,19H,3-5,8H2,1-2H3,(H,16,17). The number of aliphatic hydroxyl groups excluding tert-OH is 1. The van der Waals surface area contributed by atoms with Crippen molar-refractivity contribution < 1.29 is 18.7 Å². The van der Waals surface area contributed by atoms with Crippen molar-refractivity contribution in [2.24, 2.45) is 0 Å². The molecule has 1 aromatic rings. The van der Waals surface area contributed by atoms with Crippen molar-refractivity contribution in [2.45, 2.75) is 19.8 Å². The summed E-state index contributed by atoms with van der Waals surface area (Å²) in [6.45, 7) is 0.712. The average Bonchev–Trinajstić information content (AvgIpc) is 2.44. The average molecular weight is 287 g/mol. The van der Waals surface area contributed by atoms with E-state index in [2.05, 4.69) is 10.3 Å². The number of pyridine rings is 1. The normalized spacial score (nSPS) is 10.7. The van der Waals surface area contributed by atoms with Gasteiger partial charge in [-0.1, -0.05) is 6.92 Å². The third-order valence-electron chi connectivity index (χ3n) is 2.76. The van der Waals surface area contributed by atoms with Crippen LogP contribution in [-0.4, -0.2) is 54.1 Å². The lowest BCUT2D eigenvalue weighted by molar-refractivity contribution is 0.0509. The summed E-state index contributed by atoms with van der Waals surface area (Å²) < 4.78 is 24.9. The highest BCUT2D eigenvalue weighted by molar-refractivity contribution is 5.95. The van der Waals surface area contributed by atoms with Crippen molar-refractivity contribution >= 4 is 11.7 Å². The first-order chi connectivity index (χ1) is 9.51. The Labute approximate surface area is 116 Å². The van der Waals surface area contributed by atoms with Crippen LogP contribution < -0.4 is 5.32 Å². The number of amides is 1. The minimum Gasteiger partial charge on any atom is -0.395 e. The lowest BCUT2D eigenvalue weighted by atomic mass is 10.1. The summed E-state index contributed by atoms with van der Waals surface area (Å²) in [7, 11) is 1.67. The number of aliphatic hydroxyl groups is 1. The fourth-order valence-electron chi connectivity index (χ4n) is 1.77. The van der Waals surface area contributed by atoms with Crippen LogP contribution in [0.4, 0.5) is 14.6 Å². The van der Waals surface area contributed by atoms with E-state index < -0.39 is 18.9 Å². The number of hydrogen-bond acceptors (Lipinski definition) is 4. The summed E-state index contributed by atoms with van der Waals surface area (Å²) in [5.41, 5.74) is 0.983. The molecule has 0 atom stereocenters. The smallest absolute Gasteiger partial charge is 0.255 e. The van der Waals surface area contributed by atoms with E-state index in [4.69, 9.17) is 5.11 Å². The van der Waals surface area contributed by atoms with Crippen LogP contribution in [0.2, 0.25) is 0 Å². The fraction of sp³-hybridized carbons (Fsp3) is 0.538. The van der Waals surface area contributed by atoms with Gasteiger partial charge >= 0.3 is 0 Å². The molecule has 0 aromatic carbocycles. The number of carbonyl (C=O) groups is 1. The number of nitrogens with zero attached hydrogens (tertiary/aromatic N) is 2. The van der Waals surface area contributed by atoms with Crippen LogP contribution in [-0.2, 0) is 6.42 Å². The Bertz CT molecular complexity index is 433. The van der Waals surface area contributed by atoms with Gasteiger partial charge in [-0.2, -0.15) is 0 Å². The third kappa shape index (κ3) is 4.41. The van der Waals surface area contributed by atoms with Gasteiger partial charge < -0.3 is 15.3 Å². The van der Waals surface area contributed by atoms with E-state index >= 15 is 0 Å². The lowest BCUT2D eigenvalue weighted by Crippen LogP contribution is -2.37. The predicted molar refractivity (Wildman–Crippen MR) is 72.2 cm³/mol. The van der Waals surface area contributed by atoms with Crippen molar-refractivity contribution in [3.8, 4) is 0 Å². The molecule has 1 rings (SSSR count). The van der Waals surface area contributed by atoms with Gasteiger partial charge in [-0.15, -0.1) is 0 Å². The monoisotopic (exact) mass is 287 g/mol. The number of aryl methyl sites for hydroxylation is 1. The number of carbonyl (C=O) groups excluding carboxylic acids is 1. The summed E-state index contributed by atoms with van der Waals surface area (Å²) in [5.74, 6) is -0.0263. The molecule has 0 unspecified atom stereocenters. The van der Waals surface area contributed by atoms with Crippen LogP contribution >= 0.6 is 0 Å². The number of nitrogens with one attached hydrogen (secondary N) is 1. The van der Waals surface area contributed by atoms with Crippen molar-refractivity contribution in [3.05, 3.63) is 23.4 Å². The summed E-state index contributed by atoms with van der Waals surface area (Å²) in [6, 6.07) is 3.09. The molecule has 112 valence electrons. The van der Waals surface area contributed by atoms with E-state index in [-0.39, 0.29) is 18.7 Å². The Morgan fingerprint density at radius 2 is 2.20 bits per heavy atom. The largest absolute Gasteiger partial charge is 0.395 e. The van der Waals surface area contributed by atoms with E-state index in [1.165, 1.54) is 6.07 Å². The summed E-state index contributed by atoms with van der Waals surface area (Å²) in [4.78, 5) is 17.4.